The highest BCUT2D eigenvalue weighted by Gasteiger charge is 2.35. The van der Waals surface area contributed by atoms with Crippen molar-refractivity contribution in [3.8, 4) is 0 Å². The van der Waals surface area contributed by atoms with Crippen molar-refractivity contribution in [2.45, 2.75) is 43.9 Å². The number of carbonyl (C=O) groups excluding carboxylic acids is 2. The Morgan fingerprint density at radius 3 is 2.78 bits per heavy atom. The van der Waals surface area contributed by atoms with E-state index in [0.29, 0.717) is 25.3 Å². The van der Waals surface area contributed by atoms with Crippen LogP contribution >= 0.6 is 0 Å². The SMILES string of the molecule is C[C@]1(NC(=O)O[C@H]2CO[C@@H](c3cc(NC(=O)Cc4cc(F)cc(F)c4)n[nH]3)C2)CCOC1. The maximum absolute atomic E-state index is 13.3. The number of halogens is 2. The molecule has 1 aromatic heterocycles. The normalized spacial score (nSPS) is 25.0. The molecule has 0 unspecified atom stereocenters. The molecule has 9 nitrogen and oxygen atoms in total. The first-order valence-corrected chi connectivity index (χ1v) is 10.3. The summed E-state index contributed by atoms with van der Waals surface area (Å²) in [4.78, 5) is 24.3. The Morgan fingerprint density at radius 2 is 2.06 bits per heavy atom. The van der Waals surface area contributed by atoms with E-state index in [-0.39, 0.29) is 30.5 Å². The molecule has 2 aliphatic rings. The molecular weight excluding hydrogens is 426 g/mol. The Kier molecular flexibility index (Phi) is 6.38. The number of carbonyl (C=O) groups is 2. The lowest BCUT2D eigenvalue weighted by molar-refractivity contribution is -0.115. The molecule has 0 aliphatic carbocycles. The van der Waals surface area contributed by atoms with Gasteiger partial charge in [0.15, 0.2) is 5.82 Å². The van der Waals surface area contributed by atoms with Gasteiger partial charge < -0.3 is 24.8 Å². The molecule has 172 valence electrons. The summed E-state index contributed by atoms with van der Waals surface area (Å²) in [6, 6.07) is 4.55. The zero-order chi connectivity index (χ0) is 22.7. The standard InChI is InChI=1S/C21H24F2N4O5/c1-21(2-3-30-11-21)25-20(29)32-15-8-17(31-10-15)16-9-18(27-26-16)24-19(28)6-12-4-13(22)7-14(23)5-12/h4-5,7,9,15,17H,2-3,6,8,10-11H2,1H3,(H,25,29)(H2,24,26,27,28)/t15-,17-,21+/m1/s1. The lowest BCUT2D eigenvalue weighted by Gasteiger charge is -2.24. The van der Waals surface area contributed by atoms with Gasteiger partial charge in [0.2, 0.25) is 5.91 Å². The molecule has 0 spiro atoms. The van der Waals surface area contributed by atoms with Gasteiger partial charge in [-0.15, -0.1) is 0 Å². The van der Waals surface area contributed by atoms with Crippen molar-refractivity contribution in [3.63, 3.8) is 0 Å². The molecule has 3 atom stereocenters. The van der Waals surface area contributed by atoms with Gasteiger partial charge in [0, 0.05) is 25.2 Å². The van der Waals surface area contributed by atoms with E-state index < -0.39 is 35.3 Å². The number of benzene rings is 1. The summed E-state index contributed by atoms with van der Waals surface area (Å²) in [5.41, 5.74) is 0.398. The number of H-pyrrole nitrogens is 1. The average Bonchev–Trinajstić information content (AvgIpc) is 3.42. The molecule has 2 aliphatic heterocycles. The van der Waals surface area contributed by atoms with Crippen LogP contribution in [-0.4, -0.2) is 53.7 Å². The van der Waals surface area contributed by atoms with Gasteiger partial charge in [-0.3, -0.25) is 9.89 Å². The van der Waals surface area contributed by atoms with Gasteiger partial charge in [0.05, 0.1) is 30.9 Å². The predicted molar refractivity (Wildman–Crippen MR) is 108 cm³/mol. The van der Waals surface area contributed by atoms with Crippen LogP contribution in [-0.2, 0) is 25.4 Å². The number of nitrogens with one attached hydrogen (secondary N) is 3. The Bertz CT molecular complexity index is 972. The molecule has 11 heteroatoms. The number of ether oxygens (including phenoxy) is 3. The lowest BCUT2D eigenvalue weighted by Crippen LogP contribution is -2.47. The van der Waals surface area contributed by atoms with Crippen LogP contribution in [0, 0.1) is 11.6 Å². The fourth-order valence-corrected chi connectivity index (χ4v) is 3.74. The van der Waals surface area contributed by atoms with Gasteiger partial charge >= 0.3 is 6.09 Å². The summed E-state index contributed by atoms with van der Waals surface area (Å²) in [5.74, 6) is -1.71. The second-order valence-corrected chi connectivity index (χ2v) is 8.28. The number of hydrogen-bond donors (Lipinski definition) is 3. The molecule has 32 heavy (non-hydrogen) atoms. The molecule has 0 radical (unpaired) electrons. The van der Waals surface area contributed by atoms with E-state index in [4.69, 9.17) is 14.2 Å². The summed E-state index contributed by atoms with van der Waals surface area (Å²) >= 11 is 0. The average molecular weight is 450 g/mol. The molecule has 4 rings (SSSR count). The number of aromatic nitrogens is 2. The lowest BCUT2D eigenvalue weighted by atomic mass is 10.0. The van der Waals surface area contributed by atoms with Crippen LogP contribution in [0.3, 0.4) is 0 Å². The highest BCUT2D eigenvalue weighted by molar-refractivity contribution is 5.91. The summed E-state index contributed by atoms with van der Waals surface area (Å²) in [5, 5.41) is 12.2. The van der Waals surface area contributed by atoms with E-state index in [9.17, 15) is 18.4 Å². The molecule has 3 N–H and O–H groups in total. The largest absolute Gasteiger partial charge is 0.444 e. The molecule has 2 amide bonds. The maximum atomic E-state index is 13.3. The van der Waals surface area contributed by atoms with Crippen LogP contribution in [0.15, 0.2) is 24.3 Å². The Balaban J connectivity index is 1.26. The summed E-state index contributed by atoms with van der Waals surface area (Å²) in [7, 11) is 0. The number of anilines is 1. The van der Waals surface area contributed by atoms with Crippen LogP contribution in [0.25, 0.3) is 0 Å². The minimum Gasteiger partial charge on any atom is -0.444 e. The first-order chi connectivity index (χ1) is 15.3. The molecule has 3 heterocycles. The highest BCUT2D eigenvalue weighted by Crippen LogP contribution is 2.30. The van der Waals surface area contributed by atoms with Crippen LogP contribution in [0.4, 0.5) is 19.4 Å². The molecule has 2 fully saturated rings. The Morgan fingerprint density at radius 1 is 1.28 bits per heavy atom. The van der Waals surface area contributed by atoms with Crippen molar-refractivity contribution in [3.05, 3.63) is 47.2 Å². The molecule has 2 aromatic rings. The number of alkyl carbamates (subject to hydrolysis) is 1. The minimum absolute atomic E-state index is 0.203. The van der Waals surface area contributed by atoms with Crippen molar-refractivity contribution >= 4 is 17.8 Å². The van der Waals surface area contributed by atoms with Crippen molar-refractivity contribution in [2.24, 2.45) is 0 Å². The fraction of sp³-hybridized carbons (Fsp3) is 0.476. The van der Waals surface area contributed by atoms with E-state index >= 15 is 0 Å². The zero-order valence-electron chi connectivity index (χ0n) is 17.5. The second-order valence-electron chi connectivity index (χ2n) is 8.28. The van der Waals surface area contributed by atoms with E-state index in [1.807, 2.05) is 6.92 Å². The molecule has 0 saturated carbocycles. The number of amides is 2. The van der Waals surface area contributed by atoms with E-state index in [0.717, 1.165) is 24.6 Å². The van der Waals surface area contributed by atoms with Crippen LogP contribution in [0.2, 0.25) is 0 Å². The quantitative estimate of drug-likeness (QED) is 0.623. The van der Waals surface area contributed by atoms with Crippen molar-refractivity contribution in [2.75, 3.05) is 25.1 Å². The third-order valence-electron chi connectivity index (χ3n) is 5.36. The van der Waals surface area contributed by atoms with Crippen molar-refractivity contribution in [1.82, 2.24) is 15.5 Å². The fourth-order valence-electron chi connectivity index (χ4n) is 3.74. The van der Waals surface area contributed by atoms with Gasteiger partial charge in [0.25, 0.3) is 0 Å². The highest BCUT2D eigenvalue weighted by atomic mass is 19.1. The Labute approximate surface area is 182 Å². The van der Waals surface area contributed by atoms with Crippen LogP contribution in [0.1, 0.15) is 37.1 Å². The second kappa shape index (κ2) is 9.21. The summed E-state index contributed by atoms with van der Waals surface area (Å²) < 4.78 is 43.0. The van der Waals surface area contributed by atoms with Crippen molar-refractivity contribution < 1.29 is 32.6 Å². The summed E-state index contributed by atoms with van der Waals surface area (Å²) in [6.45, 7) is 3.18. The van der Waals surface area contributed by atoms with Crippen molar-refractivity contribution in [1.29, 1.82) is 0 Å². The monoisotopic (exact) mass is 450 g/mol. The van der Waals surface area contributed by atoms with Crippen LogP contribution < -0.4 is 10.6 Å². The predicted octanol–water partition coefficient (Wildman–Crippen LogP) is 2.60. The third-order valence-corrected chi connectivity index (χ3v) is 5.36. The van der Waals surface area contributed by atoms with Gasteiger partial charge in [0.1, 0.15) is 23.8 Å². The van der Waals surface area contributed by atoms with Crippen LogP contribution in [0.5, 0.6) is 0 Å². The van der Waals surface area contributed by atoms with Gasteiger partial charge in [-0.1, -0.05) is 0 Å². The first kappa shape index (κ1) is 22.2. The number of rotatable bonds is 6. The smallest absolute Gasteiger partial charge is 0.407 e. The molecule has 0 bridgehead atoms. The first-order valence-electron chi connectivity index (χ1n) is 10.3. The molecule has 2 saturated heterocycles. The van der Waals surface area contributed by atoms with E-state index in [1.165, 1.54) is 0 Å². The third kappa shape index (κ3) is 5.60. The minimum atomic E-state index is -0.746. The van der Waals surface area contributed by atoms with Gasteiger partial charge in [-0.05, 0) is 31.0 Å². The van der Waals surface area contributed by atoms with Gasteiger partial charge in [-0.25, -0.2) is 13.6 Å². The Hall–Kier alpha value is -3.05. The van der Waals surface area contributed by atoms with Gasteiger partial charge in [-0.2, -0.15) is 5.10 Å². The van der Waals surface area contributed by atoms with E-state index in [2.05, 4.69) is 20.8 Å². The topological polar surface area (TPSA) is 115 Å². The number of aromatic amines is 1. The number of nitrogens with zero attached hydrogens (tertiary/aromatic N) is 1. The summed E-state index contributed by atoms with van der Waals surface area (Å²) in [6.07, 6.45) is -0.366. The number of hydrogen-bond acceptors (Lipinski definition) is 6. The molecular formula is C21H24F2N4O5. The van der Waals surface area contributed by atoms with E-state index in [1.54, 1.807) is 6.07 Å². The maximum Gasteiger partial charge on any atom is 0.407 e. The zero-order valence-corrected chi connectivity index (χ0v) is 17.5. The molecule has 1 aromatic carbocycles.